The van der Waals surface area contributed by atoms with Gasteiger partial charge in [-0.3, -0.25) is 9.78 Å². The van der Waals surface area contributed by atoms with Gasteiger partial charge < -0.3 is 10.2 Å². The van der Waals surface area contributed by atoms with Crippen molar-refractivity contribution in [2.75, 3.05) is 26.0 Å². The fourth-order valence-corrected chi connectivity index (χ4v) is 1.39. The molecule has 0 fully saturated rings. The van der Waals surface area contributed by atoms with Gasteiger partial charge in [-0.1, -0.05) is 13.8 Å². The summed E-state index contributed by atoms with van der Waals surface area (Å²) < 4.78 is 0. The minimum Gasteiger partial charge on any atom is -0.385 e. The third kappa shape index (κ3) is 4.43. The molecular weight excluding hydrogens is 214 g/mol. The number of nitrogens with zero attached hydrogens (tertiary/aromatic N) is 2. The lowest BCUT2D eigenvalue weighted by Crippen LogP contribution is -2.22. The third-order valence-electron chi connectivity index (χ3n) is 2.44. The van der Waals surface area contributed by atoms with Gasteiger partial charge in [0.05, 0.1) is 0 Å². The minimum atomic E-state index is -0.0718. The Hall–Kier alpha value is -1.58. The number of hydrogen-bond acceptors (Lipinski definition) is 3. The first-order valence-electron chi connectivity index (χ1n) is 5.92. The van der Waals surface area contributed by atoms with Gasteiger partial charge in [0.15, 0.2) is 0 Å². The number of pyridine rings is 1. The van der Waals surface area contributed by atoms with E-state index in [1.165, 1.54) is 4.90 Å². The first kappa shape index (κ1) is 13.5. The standard InChI is InChI=1S/C13H21N3O/c1-10(2)5-7-14-11-6-8-15-12(9-11)13(17)16(3)4/h6,8-10H,5,7H2,1-4H3,(H,14,15). The van der Waals surface area contributed by atoms with Gasteiger partial charge >= 0.3 is 0 Å². The highest BCUT2D eigenvalue weighted by molar-refractivity contribution is 5.92. The molecule has 1 amide bonds. The first-order chi connectivity index (χ1) is 8.00. The molecule has 1 N–H and O–H groups in total. The summed E-state index contributed by atoms with van der Waals surface area (Å²) in [6, 6.07) is 3.68. The zero-order valence-electron chi connectivity index (χ0n) is 11.0. The molecule has 0 bridgehead atoms. The summed E-state index contributed by atoms with van der Waals surface area (Å²) in [5.41, 5.74) is 1.43. The van der Waals surface area contributed by atoms with Crippen LogP contribution in [0.4, 0.5) is 5.69 Å². The zero-order chi connectivity index (χ0) is 12.8. The van der Waals surface area contributed by atoms with Crippen LogP contribution in [0.5, 0.6) is 0 Å². The van der Waals surface area contributed by atoms with Crippen molar-refractivity contribution in [3.63, 3.8) is 0 Å². The number of rotatable bonds is 5. The van der Waals surface area contributed by atoms with E-state index in [9.17, 15) is 4.79 Å². The monoisotopic (exact) mass is 235 g/mol. The molecule has 0 aliphatic carbocycles. The van der Waals surface area contributed by atoms with E-state index in [0.717, 1.165) is 18.7 Å². The van der Waals surface area contributed by atoms with E-state index in [1.54, 1.807) is 26.4 Å². The normalized spacial score (nSPS) is 10.4. The van der Waals surface area contributed by atoms with Crippen molar-refractivity contribution >= 4 is 11.6 Å². The number of nitrogens with one attached hydrogen (secondary N) is 1. The molecule has 0 aromatic carbocycles. The molecule has 0 unspecified atom stereocenters. The number of carbonyl (C=O) groups excluding carboxylic acids is 1. The van der Waals surface area contributed by atoms with Crippen molar-refractivity contribution in [2.24, 2.45) is 5.92 Å². The molecule has 17 heavy (non-hydrogen) atoms. The molecule has 0 spiro atoms. The van der Waals surface area contributed by atoms with E-state index in [1.807, 2.05) is 6.07 Å². The summed E-state index contributed by atoms with van der Waals surface area (Å²) in [5.74, 6) is 0.602. The average molecular weight is 235 g/mol. The molecule has 1 rings (SSSR count). The van der Waals surface area contributed by atoms with Crippen LogP contribution in [-0.2, 0) is 0 Å². The van der Waals surface area contributed by atoms with E-state index in [4.69, 9.17) is 0 Å². The highest BCUT2D eigenvalue weighted by atomic mass is 16.2. The lowest BCUT2D eigenvalue weighted by atomic mass is 10.1. The van der Waals surface area contributed by atoms with Gasteiger partial charge in [0.25, 0.3) is 5.91 Å². The maximum atomic E-state index is 11.7. The van der Waals surface area contributed by atoms with Crippen LogP contribution >= 0.6 is 0 Å². The second-order valence-electron chi connectivity index (χ2n) is 4.74. The Balaban J connectivity index is 2.63. The number of aromatic nitrogens is 1. The van der Waals surface area contributed by atoms with Crippen LogP contribution in [0.1, 0.15) is 30.8 Å². The lowest BCUT2D eigenvalue weighted by Gasteiger charge is -2.11. The molecule has 4 nitrogen and oxygen atoms in total. The van der Waals surface area contributed by atoms with Gasteiger partial charge in [-0.15, -0.1) is 0 Å². The van der Waals surface area contributed by atoms with Crippen LogP contribution in [0.2, 0.25) is 0 Å². The zero-order valence-corrected chi connectivity index (χ0v) is 11.0. The predicted octanol–water partition coefficient (Wildman–Crippen LogP) is 2.24. The lowest BCUT2D eigenvalue weighted by molar-refractivity contribution is 0.0822. The van der Waals surface area contributed by atoms with Crippen molar-refractivity contribution in [1.82, 2.24) is 9.88 Å². The average Bonchev–Trinajstić information content (AvgIpc) is 2.28. The number of anilines is 1. The molecule has 0 saturated heterocycles. The van der Waals surface area contributed by atoms with Crippen LogP contribution in [0.3, 0.4) is 0 Å². The number of hydrogen-bond donors (Lipinski definition) is 1. The molecule has 1 aromatic rings. The highest BCUT2D eigenvalue weighted by Gasteiger charge is 2.09. The van der Waals surface area contributed by atoms with E-state index in [0.29, 0.717) is 11.6 Å². The minimum absolute atomic E-state index is 0.0718. The molecule has 4 heteroatoms. The molecular formula is C13H21N3O. The molecule has 0 aliphatic rings. The molecule has 0 atom stereocenters. The largest absolute Gasteiger partial charge is 0.385 e. The van der Waals surface area contributed by atoms with Crippen molar-refractivity contribution in [3.8, 4) is 0 Å². The summed E-state index contributed by atoms with van der Waals surface area (Å²) >= 11 is 0. The van der Waals surface area contributed by atoms with Gasteiger partial charge in [-0.05, 0) is 24.5 Å². The Bertz CT molecular complexity index is 375. The summed E-state index contributed by atoms with van der Waals surface area (Å²) in [6.45, 7) is 5.29. The maximum Gasteiger partial charge on any atom is 0.272 e. The molecule has 1 heterocycles. The topological polar surface area (TPSA) is 45.2 Å². The highest BCUT2D eigenvalue weighted by Crippen LogP contribution is 2.10. The predicted molar refractivity (Wildman–Crippen MR) is 70.2 cm³/mol. The Morgan fingerprint density at radius 2 is 2.18 bits per heavy atom. The summed E-state index contributed by atoms with van der Waals surface area (Å²) in [4.78, 5) is 17.3. The SMILES string of the molecule is CC(C)CCNc1ccnc(C(=O)N(C)C)c1. The Labute approximate surface area is 103 Å². The van der Waals surface area contributed by atoms with Crippen LogP contribution in [0.25, 0.3) is 0 Å². The second kappa shape index (κ2) is 6.23. The summed E-state index contributed by atoms with van der Waals surface area (Å²) in [7, 11) is 3.45. The summed E-state index contributed by atoms with van der Waals surface area (Å²) in [5, 5.41) is 3.30. The second-order valence-corrected chi connectivity index (χ2v) is 4.74. The van der Waals surface area contributed by atoms with Crippen molar-refractivity contribution in [3.05, 3.63) is 24.0 Å². The third-order valence-corrected chi connectivity index (χ3v) is 2.44. The summed E-state index contributed by atoms with van der Waals surface area (Å²) in [6.07, 6.45) is 2.77. The van der Waals surface area contributed by atoms with E-state index < -0.39 is 0 Å². The van der Waals surface area contributed by atoms with E-state index in [-0.39, 0.29) is 5.91 Å². The van der Waals surface area contributed by atoms with Crippen molar-refractivity contribution in [1.29, 1.82) is 0 Å². The van der Waals surface area contributed by atoms with Gasteiger partial charge in [-0.2, -0.15) is 0 Å². The van der Waals surface area contributed by atoms with Gasteiger partial charge in [-0.25, -0.2) is 0 Å². The van der Waals surface area contributed by atoms with Crippen LogP contribution in [0.15, 0.2) is 18.3 Å². The number of carbonyl (C=O) groups is 1. The van der Waals surface area contributed by atoms with E-state index >= 15 is 0 Å². The van der Waals surface area contributed by atoms with Gasteiger partial charge in [0, 0.05) is 32.5 Å². The van der Waals surface area contributed by atoms with E-state index in [2.05, 4.69) is 24.1 Å². The first-order valence-corrected chi connectivity index (χ1v) is 5.92. The molecule has 94 valence electrons. The van der Waals surface area contributed by atoms with Crippen LogP contribution < -0.4 is 5.32 Å². The molecule has 0 aliphatic heterocycles. The van der Waals surface area contributed by atoms with Gasteiger partial charge in [0.2, 0.25) is 0 Å². The fourth-order valence-electron chi connectivity index (χ4n) is 1.39. The maximum absolute atomic E-state index is 11.7. The van der Waals surface area contributed by atoms with Crippen molar-refractivity contribution in [2.45, 2.75) is 20.3 Å². The molecule has 0 saturated carbocycles. The molecule has 0 radical (unpaired) electrons. The fraction of sp³-hybridized carbons (Fsp3) is 0.538. The number of amides is 1. The Morgan fingerprint density at radius 3 is 2.76 bits per heavy atom. The smallest absolute Gasteiger partial charge is 0.272 e. The quantitative estimate of drug-likeness (QED) is 0.851. The molecule has 1 aromatic heterocycles. The van der Waals surface area contributed by atoms with Crippen molar-refractivity contribution < 1.29 is 4.79 Å². The Morgan fingerprint density at radius 1 is 1.47 bits per heavy atom. The Kier molecular flexibility index (Phi) is 4.94. The van der Waals surface area contributed by atoms with Gasteiger partial charge in [0.1, 0.15) is 5.69 Å². The van der Waals surface area contributed by atoms with Crippen LogP contribution in [0, 0.1) is 5.92 Å². The van der Waals surface area contributed by atoms with Crippen LogP contribution in [-0.4, -0.2) is 36.4 Å².